The largest absolute Gasteiger partial charge is 0.352 e. The summed E-state index contributed by atoms with van der Waals surface area (Å²) < 4.78 is 3.33. The Bertz CT molecular complexity index is 799. The van der Waals surface area contributed by atoms with Gasteiger partial charge in [-0.05, 0) is 49.5 Å². The maximum atomic E-state index is 12.3. The van der Waals surface area contributed by atoms with Crippen molar-refractivity contribution in [2.75, 3.05) is 5.75 Å². The van der Waals surface area contributed by atoms with Crippen molar-refractivity contribution >= 4 is 41.2 Å². The number of carbonyl (C=O) groups excluding carboxylic acids is 1. The first-order valence-corrected chi connectivity index (χ1v) is 10.8. The summed E-state index contributed by atoms with van der Waals surface area (Å²) in [5.41, 5.74) is 2.13. The van der Waals surface area contributed by atoms with Gasteiger partial charge in [0, 0.05) is 6.04 Å². The molecule has 0 unspecified atom stereocenters. The molecule has 0 aliphatic heterocycles. The molecule has 0 spiro atoms. The van der Waals surface area contributed by atoms with Crippen molar-refractivity contribution in [2.45, 2.75) is 49.9 Å². The monoisotopic (exact) mass is 393 g/mol. The average molecular weight is 394 g/mol. The molecule has 1 heterocycles. The number of hydrogen-bond donors (Lipinski definition) is 1. The molecule has 1 amide bonds. The van der Waals surface area contributed by atoms with Gasteiger partial charge in [0.15, 0.2) is 8.29 Å². The summed E-state index contributed by atoms with van der Waals surface area (Å²) in [6, 6.07) is 8.36. The lowest BCUT2D eigenvalue weighted by atomic mass is 9.86. The molecule has 1 N–H and O–H groups in total. The van der Waals surface area contributed by atoms with E-state index in [9.17, 15) is 4.79 Å². The van der Waals surface area contributed by atoms with Gasteiger partial charge in [0.25, 0.3) is 0 Å². The van der Waals surface area contributed by atoms with Crippen LogP contribution in [0.3, 0.4) is 0 Å². The number of nitrogens with zero attached hydrogens (tertiary/aromatic N) is 2. The van der Waals surface area contributed by atoms with Crippen molar-refractivity contribution in [1.82, 2.24) is 15.1 Å². The second-order valence-electron chi connectivity index (χ2n) is 6.56. The fourth-order valence-corrected chi connectivity index (χ4v) is 5.34. The Morgan fingerprint density at radius 1 is 1.40 bits per heavy atom. The van der Waals surface area contributed by atoms with Gasteiger partial charge in [0.05, 0.1) is 11.4 Å². The van der Waals surface area contributed by atoms with Crippen molar-refractivity contribution in [3.05, 3.63) is 33.8 Å². The van der Waals surface area contributed by atoms with Gasteiger partial charge in [-0.15, -0.1) is 5.10 Å². The van der Waals surface area contributed by atoms with Crippen LogP contribution >= 0.6 is 35.3 Å². The minimum absolute atomic E-state index is 0.0901. The van der Waals surface area contributed by atoms with Crippen LogP contribution in [0.2, 0.25) is 0 Å². The third-order valence-corrected chi connectivity index (χ3v) is 7.02. The molecule has 25 heavy (non-hydrogen) atoms. The summed E-state index contributed by atoms with van der Waals surface area (Å²) in [7, 11) is 0. The van der Waals surface area contributed by atoms with Crippen LogP contribution in [0.1, 0.15) is 38.2 Å². The Morgan fingerprint density at radius 2 is 2.16 bits per heavy atom. The Morgan fingerprint density at radius 3 is 2.92 bits per heavy atom. The standard InChI is InChI=1S/C18H23N3OS3/c1-12-7-3-5-9-14(12)19-16(22)11-24-17-20-21(18(23)25-17)15-10-6-4-8-13(15)2/h4,6,8,10,12,14H,3,5,7,9,11H2,1-2H3,(H,19,22)/t12-,14+/m1/s1. The lowest BCUT2D eigenvalue weighted by Crippen LogP contribution is -2.41. The number of aromatic nitrogens is 2. The first-order chi connectivity index (χ1) is 12.0. The number of carbonyl (C=O) groups is 1. The zero-order valence-corrected chi connectivity index (χ0v) is 17.0. The number of amides is 1. The molecule has 3 rings (SSSR count). The van der Waals surface area contributed by atoms with Crippen molar-refractivity contribution < 1.29 is 4.79 Å². The zero-order chi connectivity index (χ0) is 17.8. The molecule has 0 saturated heterocycles. The Balaban J connectivity index is 1.61. The highest BCUT2D eigenvalue weighted by Crippen LogP contribution is 2.26. The van der Waals surface area contributed by atoms with Gasteiger partial charge in [0.2, 0.25) is 5.91 Å². The molecule has 7 heteroatoms. The first kappa shape index (κ1) is 18.6. The summed E-state index contributed by atoms with van der Waals surface area (Å²) in [4.78, 5) is 12.3. The predicted molar refractivity (Wildman–Crippen MR) is 107 cm³/mol. The molecular weight excluding hydrogens is 370 g/mol. The number of aryl methyl sites for hydroxylation is 1. The summed E-state index contributed by atoms with van der Waals surface area (Å²) in [5.74, 6) is 1.05. The molecule has 1 saturated carbocycles. The van der Waals surface area contributed by atoms with E-state index in [1.807, 2.05) is 31.2 Å². The van der Waals surface area contributed by atoms with Gasteiger partial charge < -0.3 is 5.32 Å². The van der Waals surface area contributed by atoms with Gasteiger partial charge >= 0.3 is 0 Å². The van der Waals surface area contributed by atoms with Crippen LogP contribution in [0.5, 0.6) is 0 Å². The Kier molecular flexibility index (Phi) is 6.30. The maximum Gasteiger partial charge on any atom is 0.230 e. The Labute approximate surface area is 162 Å². The fourth-order valence-electron chi connectivity index (χ4n) is 3.18. The highest BCUT2D eigenvalue weighted by molar-refractivity contribution is 8.01. The van der Waals surface area contributed by atoms with Crippen molar-refractivity contribution in [2.24, 2.45) is 5.92 Å². The van der Waals surface area contributed by atoms with E-state index < -0.39 is 0 Å². The smallest absolute Gasteiger partial charge is 0.230 e. The minimum atomic E-state index is 0.0901. The first-order valence-electron chi connectivity index (χ1n) is 8.63. The van der Waals surface area contributed by atoms with Crippen LogP contribution in [0, 0.1) is 16.8 Å². The summed E-state index contributed by atoms with van der Waals surface area (Å²) in [6.45, 7) is 4.27. The van der Waals surface area contributed by atoms with E-state index >= 15 is 0 Å². The number of benzene rings is 1. The van der Waals surface area contributed by atoms with E-state index in [1.165, 1.54) is 42.4 Å². The van der Waals surface area contributed by atoms with Crippen molar-refractivity contribution in [3.63, 3.8) is 0 Å². The molecule has 1 fully saturated rings. The van der Waals surface area contributed by atoms with Gasteiger partial charge in [-0.25, -0.2) is 4.68 Å². The molecule has 134 valence electrons. The van der Waals surface area contributed by atoms with Crippen LogP contribution < -0.4 is 5.32 Å². The highest BCUT2D eigenvalue weighted by atomic mass is 32.2. The summed E-state index contributed by atoms with van der Waals surface area (Å²) in [5, 5.41) is 7.77. The van der Waals surface area contributed by atoms with Crippen LogP contribution in [-0.2, 0) is 4.79 Å². The molecule has 2 atom stereocenters. The molecule has 1 aromatic carbocycles. The second-order valence-corrected chi connectivity index (χ2v) is 9.40. The second kappa shape index (κ2) is 8.47. The number of nitrogens with one attached hydrogen (secondary N) is 1. The van der Waals surface area contributed by atoms with E-state index in [-0.39, 0.29) is 5.91 Å². The van der Waals surface area contributed by atoms with Crippen LogP contribution in [0.4, 0.5) is 0 Å². The fraction of sp³-hybridized carbons (Fsp3) is 0.500. The van der Waals surface area contributed by atoms with Gasteiger partial charge in [-0.2, -0.15) is 0 Å². The van der Waals surface area contributed by atoms with E-state index in [0.717, 1.165) is 22.0 Å². The molecule has 1 aromatic heterocycles. The minimum Gasteiger partial charge on any atom is -0.352 e. The number of para-hydroxylation sites is 1. The summed E-state index contributed by atoms with van der Waals surface area (Å²) >= 11 is 8.36. The Hall–Kier alpha value is -1.18. The number of hydrogen-bond acceptors (Lipinski definition) is 5. The molecule has 2 aromatic rings. The number of thioether (sulfide) groups is 1. The predicted octanol–water partition coefficient (Wildman–Crippen LogP) is 4.76. The third-order valence-electron chi connectivity index (χ3n) is 4.66. The molecule has 4 nitrogen and oxygen atoms in total. The number of rotatable bonds is 5. The van der Waals surface area contributed by atoms with E-state index in [2.05, 4.69) is 17.3 Å². The van der Waals surface area contributed by atoms with Crippen LogP contribution in [-0.4, -0.2) is 27.5 Å². The third kappa shape index (κ3) is 4.71. The van der Waals surface area contributed by atoms with Crippen LogP contribution in [0.15, 0.2) is 28.6 Å². The van der Waals surface area contributed by atoms with Crippen molar-refractivity contribution in [1.29, 1.82) is 0 Å². The van der Waals surface area contributed by atoms with Gasteiger partial charge in [-0.1, -0.05) is 61.1 Å². The lowest BCUT2D eigenvalue weighted by molar-refractivity contribution is -0.119. The quantitative estimate of drug-likeness (QED) is 0.588. The molecule has 1 aliphatic carbocycles. The highest BCUT2D eigenvalue weighted by Gasteiger charge is 2.22. The van der Waals surface area contributed by atoms with Gasteiger partial charge in [-0.3, -0.25) is 4.79 Å². The van der Waals surface area contributed by atoms with E-state index in [1.54, 1.807) is 4.68 Å². The molecule has 1 aliphatic rings. The molecular formula is C18H23N3OS3. The van der Waals surface area contributed by atoms with Crippen molar-refractivity contribution in [3.8, 4) is 5.69 Å². The topological polar surface area (TPSA) is 46.9 Å². The van der Waals surface area contributed by atoms with E-state index in [0.29, 0.717) is 21.7 Å². The van der Waals surface area contributed by atoms with Crippen LogP contribution in [0.25, 0.3) is 5.69 Å². The van der Waals surface area contributed by atoms with Gasteiger partial charge in [0.1, 0.15) is 0 Å². The summed E-state index contributed by atoms with van der Waals surface area (Å²) in [6.07, 6.45) is 4.80. The lowest BCUT2D eigenvalue weighted by Gasteiger charge is -2.29. The zero-order valence-electron chi connectivity index (χ0n) is 14.5. The van der Waals surface area contributed by atoms with E-state index in [4.69, 9.17) is 12.2 Å². The molecule has 0 radical (unpaired) electrons. The average Bonchev–Trinajstić information content (AvgIpc) is 2.96. The SMILES string of the molecule is Cc1ccccc1-n1nc(SCC(=O)N[C@H]2CCCC[C@H]2C)sc1=S. The molecule has 0 bridgehead atoms. The normalized spacial score (nSPS) is 20.4. The maximum absolute atomic E-state index is 12.3.